The zero-order chi connectivity index (χ0) is 41.1. The molecule has 0 unspecified atom stereocenters. The predicted molar refractivity (Wildman–Crippen MR) is 197 cm³/mol. The normalized spacial score (nSPS) is 16.3. The molecule has 2 nitrogen and oxygen atoms in total. The fourth-order valence-corrected chi connectivity index (χ4v) is 6.72. The second kappa shape index (κ2) is 10.6. The van der Waals surface area contributed by atoms with Gasteiger partial charge in [0, 0.05) is 38.8 Å². The second-order valence-electron chi connectivity index (χ2n) is 12.1. The van der Waals surface area contributed by atoms with E-state index in [0.717, 1.165) is 33.4 Å². The summed E-state index contributed by atoms with van der Waals surface area (Å²) in [5, 5.41) is -0.347. The molecule has 0 saturated heterocycles. The van der Waals surface area contributed by atoms with Crippen LogP contribution in [0.25, 0.3) is 55.3 Å². The van der Waals surface area contributed by atoms with E-state index in [2.05, 4.69) is 26.0 Å². The number of rotatable bonds is 5. The molecule has 0 saturated carbocycles. The van der Waals surface area contributed by atoms with E-state index in [-0.39, 0.29) is 44.2 Å². The highest BCUT2D eigenvalue weighted by atomic mass is 16.3. The fourth-order valence-electron chi connectivity index (χ4n) is 6.72. The molecule has 0 aliphatic heterocycles. The summed E-state index contributed by atoms with van der Waals surface area (Å²) in [5.74, 6) is 0. The van der Waals surface area contributed by atoms with Crippen LogP contribution < -0.4 is 4.90 Å². The van der Waals surface area contributed by atoms with Gasteiger partial charge in [-0.25, -0.2) is 0 Å². The molecule has 8 aromatic rings. The number of para-hydroxylation sites is 2. The van der Waals surface area contributed by atoms with Crippen LogP contribution in [0.5, 0.6) is 0 Å². The molecule has 0 atom stereocenters. The van der Waals surface area contributed by atoms with E-state index < -0.39 is 66.5 Å². The van der Waals surface area contributed by atoms with E-state index in [0.29, 0.717) is 11.4 Å². The van der Waals surface area contributed by atoms with Crippen LogP contribution in [-0.4, -0.2) is 0 Å². The highest BCUT2D eigenvalue weighted by Gasteiger charge is 2.35. The van der Waals surface area contributed by atoms with Crippen LogP contribution in [0.3, 0.4) is 0 Å². The van der Waals surface area contributed by atoms with Gasteiger partial charge in [0.2, 0.25) is 0 Å². The van der Waals surface area contributed by atoms with Gasteiger partial charge in [-0.15, -0.1) is 0 Å². The fraction of sp³-hybridized carbons (Fsp3) is 0.0667. The van der Waals surface area contributed by atoms with E-state index in [4.69, 9.17) is 14.0 Å². The molecule has 7 aromatic carbocycles. The number of hydrogen-bond donors (Lipinski definition) is 0. The molecule has 9 rings (SSSR count). The molecule has 0 amide bonds. The van der Waals surface area contributed by atoms with Gasteiger partial charge in [-0.3, -0.25) is 0 Å². The summed E-state index contributed by atoms with van der Waals surface area (Å²) in [5.41, 5.74) is 5.74. The minimum atomic E-state index is -0.625. The lowest BCUT2D eigenvalue weighted by Gasteiger charge is -2.28. The van der Waals surface area contributed by atoms with Crippen molar-refractivity contribution in [2.75, 3.05) is 4.90 Å². The Morgan fingerprint density at radius 3 is 2.02 bits per heavy atom. The third-order valence-corrected chi connectivity index (χ3v) is 9.08. The summed E-state index contributed by atoms with van der Waals surface area (Å²) in [6, 6.07) is 25.7. The molecule has 0 bridgehead atoms. The molecule has 1 aliphatic rings. The Morgan fingerprint density at radius 1 is 0.511 bits per heavy atom. The molecule has 0 N–H and O–H groups in total. The lowest BCUT2D eigenvalue weighted by atomic mass is 9.82. The third-order valence-electron chi connectivity index (χ3n) is 9.08. The van der Waals surface area contributed by atoms with Crippen molar-refractivity contribution in [3.8, 4) is 33.4 Å². The van der Waals surface area contributed by atoms with E-state index >= 15 is 0 Å². The molecule has 0 radical (unpaired) electrons. The van der Waals surface area contributed by atoms with Crippen LogP contribution in [0.2, 0.25) is 0 Å². The Kier molecular flexibility index (Phi) is 4.14. The van der Waals surface area contributed by atoms with Crippen LogP contribution >= 0.6 is 0 Å². The molecule has 47 heavy (non-hydrogen) atoms. The van der Waals surface area contributed by atoms with Gasteiger partial charge in [0.1, 0.15) is 11.2 Å². The van der Waals surface area contributed by atoms with E-state index in [9.17, 15) is 5.48 Å². The van der Waals surface area contributed by atoms with Gasteiger partial charge in [0.15, 0.2) is 0 Å². The Balaban J connectivity index is 1.31. The first-order valence-corrected chi connectivity index (χ1v) is 15.4. The highest BCUT2D eigenvalue weighted by molar-refractivity contribution is 6.09. The van der Waals surface area contributed by atoms with Gasteiger partial charge in [-0.2, -0.15) is 0 Å². The van der Waals surface area contributed by atoms with Crippen LogP contribution in [0.1, 0.15) is 40.1 Å². The largest absolute Gasteiger partial charge is 0.455 e. The number of furan rings is 1. The van der Waals surface area contributed by atoms with Crippen molar-refractivity contribution in [3.05, 3.63) is 175 Å². The van der Waals surface area contributed by atoms with Gasteiger partial charge < -0.3 is 9.32 Å². The van der Waals surface area contributed by atoms with Gasteiger partial charge in [-0.05, 0) is 81.3 Å². The zero-order valence-electron chi connectivity index (χ0n) is 36.6. The first-order chi connectivity index (χ1) is 27.6. The molecular weight excluding hydrogens is 571 g/mol. The van der Waals surface area contributed by atoms with Gasteiger partial charge in [0.25, 0.3) is 0 Å². The smallest absolute Gasteiger partial charge is 0.143 e. The van der Waals surface area contributed by atoms with Gasteiger partial charge in [0.05, 0.1) is 15.1 Å². The van der Waals surface area contributed by atoms with Crippen molar-refractivity contribution < 1.29 is 19.5 Å². The standard InChI is InChI=1S/C45H33NO/c1-45(2)41-17-8-6-13-37(41)38-28-27-35(29-42(38)45)46(33-23-19-31(20-24-33)30-11-4-3-5-12-30)34-25-21-32(22-26-34)36-15-10-16-40-39-14-7-9-18-43(39)47-44(36)40/h3-29H,1-2H3/i7D,9D,10D,14D,15D,16D,18D,21D,22D,25D,26D. The van der Waals surface area contributed by atoms with E-state index in [1.165, 1.54) is 0 Å². The van der Waals surface area contributed by atoms with E-state index in [1.807, 2.05) is 84.9 Å². The lowest BCUT2D eigenvalue weighted by molar-refractivity contribution is 0.660. The highest BCUT2D eigenvalue weighted by Crippen LogP contribution is 2.50. The summed E-state index contributed by atoms with van der Waals surface area (Å²) < 4.78 is 104. The topological polar surface area (TPSA) is 16.4 Å². The Morgan fingerprint density at radius 2 is 1.19 bits per heavy atom. The van der Waals surface area contributed by atoms with Crippen molar-refractivity contribution in [2.45, 2.75) is 19.3 Å². The first-order valence-electron chi connectivity index (χ1n) is 20.9. The van der Waals surface area contributed by atoms with Crippen molar-refractivity contribution in [3.63, 3.8) is 0 Å². The molecular formula is C45H33NO. The SMILES string of the molecule is [2H]c1c([2H])c(N(c2ccc(-c3ccccc3)cc2)c2ccc3c(c2)C(C)(C)c2ccccc2-3)c([2H])c([2H])c1-c1c([2H])c([2H])c([2H])c2c1oc1c([2H])c([2H])c([2H])c([2H])c12. The van der Waals surface area contributed by atoms with Crippen molar-refractivity contribution >= 4 is 39.0 Å². The van der Waals surface area contributed by atoms with Gasteiger partial charge >= 0.3 is 0 Å². The molecule has 2 heteroatoms. The van der Waals surface area contributed by atoms with Crippen LogP contribution in [-0.2, 0) is 5.41 Å². The summed E-state index contributed by atoms with van der Waals surface area (Å²) in [6.45, 7) is 4.29. The Hall–Kier alpha value is -5.86. The lowest BCUT2D eigenvalue weighted by Crippen LogP contribution is -2.16. The number of hydrogen-bond acceptors (Lipinski definition) is 2. The molecule has 224 valence electrons. The molecule has 1 heterocycles. The molecule has 1 aromatic heterocycles. The maximum absolute atomic E-state index is 9.55. The summed E-state index contributed by atoms with van der Waals surface area (Å²) in [6.07, 6.45) is 0. The van der Waals surface area contributed by atoms with Crippen LogP contribution in [0, 0.1) is 0 Å². The van der Waals surface area contributed by atoms with Crippen molar-refractivity contribution in [1.29, 1.82) is 0 Å². The first kappa shape index (κ1) is 18.3. The quantitative estimate of drug-likeness (QED) is 0.192. The zero-order valence-corrected chi connectivity index (χ0v) is 25.6. The van der Waals surface area contributed by atoms with Crippen LogP contribution in [0.15, 0.2) is 168 Å². The summed E-state index contributed by atoms with van der Waals surface area (Å²) in [4.78, 5) is 1.70. The maximum Gasteiger partial charge on any atom is 0.143 e. The van der Waals surface area contributed by atoms with Crippen molar-refractivity contribution in [2.24, 2.45) is 0 Å². The monoisotopic (exact) mass is 614 g/mol. The summed E-state index contributed by atoms with van der Waals surface area (Å²) in [7, 11) is 0. The minimum absolute atomic E-state index is 0.0605. The number of benzene rings is 7. The van der Waals surface area contributed by atoms with Crippen LogP contribution in [0.4, 0.5) is 17.1 Å². The molecule has 0 spiro atoms. The average Bonchev–Trinajstić information content (AvgIpc) is 3.74. The third kappa shape index (κ3) is 4.40. The maximum atomic E-state index is 9.55. The Bertz CT molecular complexity index is 3020. The van der Waals surface area contributed by atoms with Crippen molar-refractivity contribution in [1.82, 2.24) is 0 Å². The minimum Gasteiger partial charge on any atom is -0.455 e. The number of anilines is 3. The number of fused-ring (bicyclic) bond motifs is 6. The van der Waals surface area contributed by atoms with Gasteiger partial charge in [-0.1, -0.05) is 135 Å². The number of nitrogens with zero attached hydrogens (tertiary/aromatic N) is 1. The average molecular weight is 615 g/mol. The second-order valence-corrected chi connectivity index (χ2v) is 12.1. The molecule has 1 aliphatic carbocycles. The Labute approximate surface area is 290 Å². The van der Waals surface area contributed by atoms with E-state index in [1.54, 1.807) is 4.90 Å². The molecule has 0 fully saturated rings. The summed E-state index contributed by atoms with van der Waals surface area (Å²) >= 11 is 0. The predicted octanol–water partition coefficient (Wildman–Crippen LogP) is 12.7.